The zero-order valence-electron chi connectivity index (χ0n) is 16.2. The maximum Gasteiger partial charge on any atom is 0.303 e. The SMILES string of the molecule is Cc1nc2c(cnn2C(C)C)cc1C(=O)NC(CCC(=O)O)c1ccccc1. The number of fused-ring (bicyclic) bond motifs is 1. The highest BCUT2D eigenvalue weighted by Crippen LogP contribution is 2.22. The fraction of sp³-hybridized carbons (Fsp3) is 0.333. The number of carboxylic acids is 1. The van der Waals surface area contributed by atoms with Crippen LogP contribution in [0.1, 0.15) is 60.4 Å². The number of benzene rings is 1. The first kappa shape index (κ1) is 19.5. The number of aryl methyl sites for hydroxylation is 1. The lowest BCUT2D eigenvalue weighted by molar-refractivity contribution is -0.137. The minimum Gasteiger partial charge on any atom is -0.481 e. The van der Waals surface area contributed by atoms with Crippen LogP contribution in [-0.2, 0) is 4.79 Å². The van der Waals surface area contributed by atoms with Crippen molar-refractivity contribution in [1.29, 1.82) is 0 Å². The summed E-state index contributed by atoms with van der Waals surface area (Å²) in [5.41, 5.74) is 2.69. The average Bonchev–Trinajstić information content (AvgIpc) is 3.07. The molecule has 28 heavy (non-hydrogen) atoms. The van der Waals surface area contributed by atoms with Gasteiger partial charge in [0.25, 0.3) is 5.91 Å². The maximum atomic E-state index is 13.0. The largest absolute Gasteiger partial charge is 0.481 e. The van der Waals surface area contributed by atoms with Gasteiger partial charge in [0.2, 0.25) is 0 Å². The van der Waals surface area contributed by atoms with E-state index in [9.17, 15) is 9.59 Å². The molecule has 1 unspecified atom stereocenters. The van der Waals surface area contributed by atoms with E-state index in [-0.39, 0.29) is 18.4 Å². The quantitative estimate of drug-likeness (QED) is 0.652. The number of nitrogens with zero attached hydrogens (tertiary/aromatic N) is 3. The fourth-order valence-corrected chi connectivity index (χ4v) is 3.18. The van der Waals surface area contributed by atoms with Crippen LogP contribution in [0, 0.1) is 6.92 Å². The van der Waals surface area contributed by atoms with Gasteiger partial charge in [-0.25, -0.2) is 9.67 Å². The maximum absolute atomic E-state index is 13.0. The third kappa shape index (κ3) is 4.19. The third-order valence-electron chi connectivity index (χ3n) is 4.65. The second-order valence-corrected chi connectivity index (χ2v) is 7.09. The number of carboxylic acid groups (broad SMARTS) is 1. The second-order valence-electron chi connectivity index (χ2n) is 7.09. The first-order valence-electron chi connectivity index (χ1n) is 9.29. The molecule has 2 aromatic heterocycles. The summed E-state index contributed by atoms with van der Waals surface area (Å²) in [4.78, 5) is 28.5. The number of carbonyl (C=O) groups excluding carboxylic acids is 1. The van der Waals surface area contributed by atoms with Gasteiger partial charge in [0, 0.05) is 17.8 Å². The van der Waals surface area contributed by atoms with Crippen molar-refractivity contribution in [1.82, 2.24) is 20.1 Å². The summed E-state index contributed by atoms with van der Waals surface area (Å²) in [5.74, 6) is -1.17. The molecule has 2 heterocycles. The van der Waals surface area contributed by atoms with Crippen LogP contribution in [0.15, 0.2) is 42.6 Å². The first-order valence-corrected chi connectivity index (χ1v) is 9.29. The summed E-state index contributed by atoms with van der Waals surface area (Å²) in [6.07, 6.45) is 1.99. The highest BCUT2D eigenvalue weighted by atomic mass is 16.4. The van der Waals surface area contributed by atoms with E-state index in [1.807, 2.05) is 48.9 Å². The van der Waals surface area contributed by atoms with Crippen LogP contribution < -0.4 is 5.32 Å². The molecule has 3 rings (SSSR count). The van der Waals surface area contributed by atoms with Crippen molar-refractivity contribution in [2.24, 2.45) is 0 Å². The molecule has 0 aliphatic carbocycles. The predicted octanol–water partition coefficient (Wildman–Crippen LogP) is 3.66. The molecule has 0 fully saturated rings. The van der Waals surface area contributed by atoms with Crippen LogP contribution in [0.4, 0.5) is 0 Å². The van der Waals surface area contributed by atoms with Gasteiger partial charge in [-0.3, -0.25) is 9.59 Å². The lowest BCUT2D eigenvalue weighted by atomic mass is 10.0. The van der Waals surface area contributed by atoms with Crippen LogP contribution in [0.25, 0.3) is 11.0 Å². The number of nitrogens with one attached hydrogen (secondary N) is 1. The molecule has 146 valence electrons. The van der Waals surface area contributed by atoms with E-state index in [2.05, 4.69) is 15.4 Å². The fourth-order valence-electron chi connectivity index (χ4n) is 3.18. The summed E-state index contributed by atoms with van der Waals surface area (Å²) in [5, 5.41) is 17.2. The van der Waals surface area contributed by atoms with Crippen molar-refractivity contribution >= 4 is 22.9 Å². The van der Waals surface area contributed by atoms with E-state index in [0.29, 0.717) is 17.7 Å². The number of rotatable bonds is 7. The van der Waals surface area contributed by atoms with Gasteiger partial charge in [-0.15, -0.1) is 0 Å². The smallest absolute Gasteiger partial charge is 0.303 e. The number of aromatic nitrogens is 3. The topological polar surface area (TPSA) is 97.1 Å². The van der Waals surface area contributed by atoms with Gasteiger partial charge in [0.1, 0.15) is 0 Å². The number of pyridine rings is 1. The minimum absolute atomic E-state index is 0.0305. The summed E-state index contributed by atoms with van der Waals surface area (Å²) >= 11 is 0. The van der Waals surface area contributed by atoms with Crippen molar-refractivity contribution in [2.75, 3.05) is 0 Å². The first-order chi connectivity index (χ1) is 13.4. The molecule has 0 aliphatic heterocycles. The molecular weight excluding hydrogens is 356 g/mol. The molecule has 1 atom stereocenters. The Labute approximate surface area is 163 Å². The van der Waals surface area contributed by atoms with E-state index >= 15 is 0 Å². The van der Waals surface area contributed by atoms with Gasteiger partial charge >= 0.3 is 5.97 Å². The Morgan fingerprint density at radius 3 is 2.57 bits per heavy atom. The highest BCUT2D eigenvalue weighted by Gasteiger charge is 2.20. The Bertz CT molecular complexity index is 996. The Morgan fingerprint density at radius 1 is 1.21 bits per heavy atom. The Kier molecular flexibility index (Phi) is 5.73. The van der Waals surface area contributed by atoms with Gasteiger partial charge < -0.3 is 10.4 Å². The molecule has 0 saturated heterocycles. The number of hydrogen-bond acceptors (Lipinski definition) is 4. The van der Waals surface area contributed by atoms with Crippen LogP contribution in [0.5, 0.6) is 0 Å². The van der Waals surface area contributed by atoms with E-state index in [1.54, 1.807) is 19.2 Å². The molecule has 0 saturated carbocycles. The highest BCUT2D eigenvalue weighted by molar-refractivity contribution is 5.98. The Balaban J connectivity index is 1.89. The molecular formula is C21H24N4O3. The lowest BCUT2D eigenvalue weighted by Crippen LogP contribution is -2.29. The van der Waals surface area contributed by atoms with Gasteiger partial charge in [-0.1, -0.05) is 30.3 Å². The van der Waals surface area contributed by atoms with E-state index in [4.69, 9.17) is 5.11 Å². The van der Waals surface area contributed by atoms with Crippen molar-refractivity contribution < 1.29 is 14.7 Å². The number of amides is 1. The molecule has 3 aromatic rings. The Hall–Kier alpha value is -3.22. The third-order valence-corrected chi connectivity index (χ3v) is 4.65. The predicted molar refractivity (Wildman–Crippen MR) is 106 cm³/mol. The number of aliphatic carboxylic acids is 1. The standard InChI is InChI=1S/C21H24N4O3/c1-13(2)25-20-16(12-22-25)11-17(14(3)23-20)21(28)24-18(9-10-19(26)27)15-7-5-4-6-8-15/h4-8,11-13,18H,9-10H2,1-3H3,(H,24,28)(H,26,27). The van der Waals surface area contributed by atoms with Crippen LogP contribution in [0.3, 0.4) is 0 Å². The van der Waals surface area contributed by atoms with Crippen LogP contribution >= 0.6 is 0 Å². The van der Waals surface area contributed by atoms with Gasteiger partial charge in [0.15, 0.2) is 5.65 Å². The van der Waals surface area contributed by atoms with E-state index in [0.717, 1.165) is 16.6 Å². The average molecular weight is 380 g/mol. The molecule has 2 N–H and O–H groups in total. The van der Waals surface area contributed by atoms with Crippen molar-refractivity contribution in [2.45, 2.75) is 45.7 Å². The zero-order valence-corrected chi connectivity index (χ0v) is 16.2. The van der Waals surface area contributed by atoms with Gasteiger partial charge in [-0.2, -0.15) is 5.10 Å². The monoisotopic (exact) mass is 380 g/mol. The molecule has 0 spiro atoms. The molecule has 0 bridgehead atoms. The zero-order chi connectivity index (χ0) is 20.3. The molecule has 7 heteroatoms. The lowest BCUT2D eigenvalue weighted by Gasteiger charge is -2.19. The molecule has 7 nitrogen and oxygen atoms in total. The number of carbonyl (C=O) groups is 2. The van der Waals surface area contributed by atoms with Crippen molar-refractivity contribution in [3.8, 4) is 0 Å². The van der Waals surface area contributed by atoms with E-state index < -0.39 is 12.0 Å². The minimum atomic E-state index is -0.893. The molecule has 0 aliphatic rings. The second kappa shape index (κ2) is 8.21. The molecule has 1 amide bonds. The van der Waals surface area contributed by atoms with Crippen molar-refractivity contribution in [3.63, 3.8) is 0 Å². The summed E-state index contributed by atoms with van der Waals surface area (Å²) in [7, 11) is 0. The van der Waals surface area contributed by atoms with Crippen LogP contribution in [0.2, 0.25) is 0 Å². The van der Waals surface area contributed by atoms with Gasteiger partial charge in [-0.05, 0) is 38.8 Å². The number of hydrogen-bond donors (Lipinski definition) is 2. The molecule has 1 aromatic carbocycles. The summed E-state index contributed by atoms with van der Waals surface area (Å²) < 4.78 is 1.82. The Morgan fingerprint density at radius 2 is 1.93 bits per heavy atom. The van der Waals surface area contributed by atoms with Gasteiger partial charge in [0.05, 0.1) is 23.5 Å². The normalized spacial score (nSPS) is 12.3. The van der Waals surface area contributed by atoms with Crippen molar-refractivity contribution in [3.05, 3.63) is 59.4 Å². The van der Waals surface area contributed by atoms with Crippen LogP contribution in [-0.4, -0.2) is 31.7 Å². The summed E-state index contributed by atoms with van der Waals surface area (Å²) in [6.45, 7) is 5.84. The molecule has 0 radical (unpaired) electrons. The summed E-state index contributed by atoms with van der Waals surface area (Å²) in [6, 6.07) is 11.0. The van der Waals surface area contributed by atoms with E-state index in [1.165, 1.54) is 0 Å².